The molecule has 0 saturated carbocycles. The van der Waals surface area contributed by atoms with Crippen LogP contribution in [0.25, 0.3) is 11.1 Å². The topological polar surface area (TPSA) is 127 Å². The average Bonchev–Trinajstić information content (AvgIpc) is 3.16. The summed E-state index contributed by atoms with van der Waals surface area (Å²) in [5.41, 5.74) is 2.08. The number of methoxy groups -OCH3 is 2. The second-order valence-corrected chi connectivity index (χ2v) is 7.85. The number of rotatable bonds is 7. The molecule has 10 heteroatoms. The van der Waals surface area contributed by atoms with Crippen LogP contribution in [0.3, 0.4) is 0 Å². The normalized spacial score (nSPS) is 17.1. The number of benzene rings is 2. The van der Waals surface area contributed by atoms with Crippen LogP contribution in [0.1, 0.15) is 18.4 Å². The lowest BCUT2D eigenvalue weighted by atomic mass is 10.0. The van der Waals surface area contributed by atoms with Crippen LogP contribution in [0, 0.1) is 11.3 Å². The molecule has 0 aliphatic carbocycles. The molecule has 0 unspecified atom stereocenters. The zero-order chi connectivity index (χ0) is 24.0. The van der Waals surface area contributed by atoms with Crippen molar-refractivity contribution in [2.75, 3.05) is 20.8 Å². The van der Waals surface area contributed by atoms with Gasteiger partial charge in [0, 0.05) is 5.56 Å². The van der Waals surface area contributed by atoms with Gasteiger partial charge in [0.25, 0.3) is 0 Å². The molecule has 1 fully saturated rings. The molecule has 0 spiro atoms. The number of amides is 2. The quantitative estimate of drug-likeness (QED) is 0.322. The SMILES string of the molecule is COC(=O)C[C@@H]1C[C@@H](COc2ccc(-c3ccc(C(=N)NC(=O)OC)c(Cl)c3)cc2)NC1=O. The van der Waals surface area contributed by atoms with Gasteiger partial charge < -0.3 is 19.5 Å². The zero-order valence-electron chi connectivity index (χ0n) is 18.1. The summed E-state index contributed by atoms with van der Waals surface area (Å²) in [6.07, 6.45) is -0.170. The Morgan fingerprint density at radius 1 is 1.12 bits per heavy atom. The summed E-state index contributed by atoms with van der Waals surface area (Å²) in [5, 5.41) is 13.4. The van der Waals surface area contributed by atoms with Gasteiger partial charge in [-0.2, -0.15) is 0 Å². The Morgan fingerprint density at radius 3 is 2.45 bits per heavy atom. The van der Waals surface area contributed by atoms with Crippen molar-refractivity contribution in [3.8, 4) is 16.9 Å². The Kier molecular flexibility index (Phi) is 7.89. The Labute approximate surface area is 195 Å². The van der Waals surface area contributed by atoms with Gasteiger partial charge in [-0.1, -0.05) is 29.8 Å². The maximum absolute atomic E-state index is 12.0. The van der Waals surface area contributed by atoms with E-state index in [4.69, 9.17) is 21.7 Å². The highest BCUT2D eigenvalue weighted by Crippen LogP contribution is 2.28. The molecule has 2 aromatic rings. The van der Waals surface area contributed by atoms with Crippen LogP contribution in [0.5, 0.6) is 5.75 Å². The summed E-state index contributed by atoms with van der Waals surface area (Å²) in [7, 11) is 2.52. The van der Waals surface area contributed by atoms with Gasteiger partial charge >= 0.3 is 12.1 Å². The first-order valence-electron chi connectivity index (χ1n) is 10.1. The van der Waals surface area contributed by atoms with Crippen LogP contribution in [-0.4, -0.2) is 50.7 Å². The lowest BCUT2D eigenvalue weighted by Gasteiger charge is -2.13. The van der Waals surface area contributed by atoms with Crippen LogP contribution in [0.15, 0.2) is 42.5 Å². The third-order valence-corrected chi connectivity index (χ3v) is 5.53. The van der Waals surface area contributed by atoms with Crippen molar-refractivity contribution in [1.29, 1.82) is 5.41 Å². The monoisotopic (exact) mass is 473 g/mol. The van der Waals surface area contributed by atoms with Gasteiger partial charge in [-0.25, -0.2) is 4.79 Å². The van der Waals surface area contributed by atoms with E-state index < -0.39 is 18.0 Å². The van der Waals surface area contributed by atoms with Gasteiger partial charge in [0.2, 0.25) is 5.91 Å². The molecule has 0 radical (unpaired) electrons. The molecular weight excluding hydrogens is 450 g/mol. The van der Waals surface area contributed by atoms with E-state index in [1.165, 1.54) is 14.2 Å². The van der Waals surface area contributed by atoms with Gasteiger partial charge in [-0.05, 0) is 41.8 Å². The maximum atomic E-state index is 12.0. The van der Waals surface area contributed by atoms with Crippen LogP contribution in [-0.2, 0) is 19.1 Å². The molecule has 0 bridgehead atoms. The highest BCUT2D eigenvalue weighted by molar-refractivity contribution is 6.34. The minimum Gasteiger partial charge on any atom is -0.491 e. The third-order valence-electron chi connectivity index (χ3n) is 5.22. The van der Waals surface area contributed by atoms with E-state index in [1.807, 2.05) is 12.1 Å². The highest BCUT2D eigenvalue weighted by atomic mass is 35.5. The van der Waals surface area contributed by atoms with E-state index in [2.05, 4.69) is 20.1 Å². The molecule has 2 aromatic carbocycles. The predicted molar refractivity (Wildman–Crippen MR) is 121 cm³/mol. The largest absolute Gasteiger partial charge is 0.491 e. The fourth-order valence-corrected chi connectivity index (χ4v) is 3.73. The smallest absolute Gasteiger partial charge is 0.412 e. The number of alkyl carbamates (subject to hydrolysis) is 1. The molecule has 0 aromatic heterocycles. The van der Waals surface area contributed by atoms with Gasteiger partial charge in [-0.3, -0.25) is 20.3 Å². The van der Waals surface area contributed by atoms with Crippen LogP contribution in [0.4, 0.5) is 4.79 Å². The highest BCUT2D eigenvalue weighted by Gasteiger charge is 2.34. The maximum Gasteiger partial charge on any atom is 0.412 e. The summed E-state index contributed by atoms with van der Waals surface area (Å²) in [6, 6.07) is 12.3. The first kappa shape index (κ1) is 24.1. The molecule has 2 atom stereocenters. The van der Waals surface area contributed by atoms with E-state index >= 15 is 0 Å². The summed E-state index contributed by atoms with van der Waals surface area (Å²) in [4.78, 5) is 34.7. The van der Waals surface area contributed by atoms with Crippen molar-refractivity contribution in [1.82, 2.24) is 10.6 Å². The van der Waals surface area contributed by atoms with Crippen LogP contribution in [0.2, 0.25) is 5.02 Å². The lowest BCUT2D eigenvalue weighted by molar-refractivity contribution is -0.143. The van der Waals surface area contributed by atoms with E-state index in [1.54, 1.807) is 30.3 Å². The number of esters is 1. The van der Waals surface area contributed by atoms with Gasteiger partial charge in [0.15, 0.2) is 0 Å². The molecule has 1 saturated heterocycles. The second kappa shape index (κ2) is 10.8. The van der Waals surface area contributed by atoms with Gasteiger partial charge in [0.05, 0.1) is 37.6 Å². The number of carbonyl (C=O) groups excluding carboxylic acids is 3. The predicted octanol–water partition coefficient (Wildman–Crippen LogP) is 3.13. The minimum atomic E-state index is -0.744. The van der Waals surface area contributed by atoms with Crippen molar-refractivity contribution in [2.24, 2.45) is 5.92 Å². The lowest BCUT2D eigenvalue weighted by Crippen LogP contribution is -2.31. The van der Waals surface area contributed by atoms with E-state index in [-0.39, 0.29) is 24.2 Å². The summed E-state index contributed by atoms with van der Waals surface area (Å²) in [5.74, 6) is -0.492. The molecule has 1 heterocycles. The zero-order valence-corrected chi connectivity index (χ0v) is 18.9. The third kappa shape index (κ3) is 6.23. The number of nitrogens with one attached hydrogen (secondary N) is 3. The Hall–Kier alpha value is -3.59. The van der Waals surface area contributed by atoms with Gasteiger partial charge in [0.1, 0.15) is 18.2 Å². The number of halogens is 1. The van der Waals surface area contributed by atoms with Crippen molar-refractivity contribution in [2.45, 2.75) is 18.9 Å². The molecule has 9 nitrogen and oxygen atoms in total. The van der Waals surface area contributed by atoms with E-state index in [0.717, 1.165) is 11.1 Å². The van der Waals surface area contributed by atoms with Crippen molar-refractivity contribution in [3.63, 3.8) is 0 Å². The number of hydrogen-bond donors (Lipinski definition) is 3. The molecule has 33 heavy (non-hydrogen) atoms. The standard InChI is InChI=1S/C23H24ClN3O6/c1-31-20(28)11-15-9-16(26-22(15)29)12-33-17-6-3-13(4-7-17)14-5-8-18(19(24)10-14)21(25)27-23(30)32-2/h3-8,10,15-16H,9,11-12H2,1-2H3,(H,26,29)(H2,25,27,30)/t15-,16-/m0/s1. The molecule has 3 N–H and O–H groups in total. The Bertz CT molecular complexity index is 1060. The Balaban J connectivity index is 1.58. The molecular formula is C23H24ClN3O6. The van der Waals surface area contributed by atoms with Crippen LogP contribution < -0.4 is 15.4 Å². The first-order chi connectivity index (χ1) is 15.8. The number of ether oxygens (including phenoxy) is 3. The summed E-state index contributed by atoms with van der Waals surface area (Å²) in [6.45, 7) is 0.290. The average molecular weight is 474 g/mol. The minimum absolute atomic E-state index is 0.0626. The van der Waals surface area contributed by atoms with Crippen LogP contribution >= 0.6 is 11.6 Å². The van der Waals surface area contributed by atoms with Gasteiger partial charge in [-0.15, -0.1) is 0 Å². The fraction of sp³-hybridized carbons (Fsp3) is 0.304. The van der Waals surface area contributed by atoms with E-state index in [0.29, 0.717) is 29.4 Å². The van der Waals surface area contributed by atoms with Crippen molar-refractivity contribution in [3.05, 3.63) is 53.1 Å². The number of amidine groups is 1. The number of carbonyl (C=O) groups is 3. The molecule has 2 amide bonds. The second-order valence-electron chi connectivity index (χ2n) is 7.44. The van der Waals surface area contributed by atoms with Crippen molar-refractivity contribution >= 4 is 35.4 Å². The molecule has 1 aliphatic heterocycles. The molecule has 3 rings (SSSR count). The Morgan fingerprint density at radius 2 is 1.82 bits per heavy atom. The first-order valence-corrected chi connectivity index (χ1v) is 10.5. The van der Waals surface area contributed by atoms with E-state index in [9.17, 15) is 14.4 Å². The summed E-state index contributed by atoms with van der Waals surface area (Å²) < 4.78 is 14.9. The number of hydrogen-bond acceptors (Lipinski definition) is 7. The molecule has 174 valence electrons. The summed E-state index contributed by atoms with van der Waals surface area (Å²) >= 11 is 6.30. The fourth-order valence-electron chi connectivity index (χ4n) is 3.46. The molecule has 1 aliphatic rings. The van der Waals surface area contributed by atoms with Crippen molar-refractivity contribution < 1.29 is 28.6 Å².